The normalized spacial score (nSPS) is 14.0. The van der Waals surface area contributed by atoms with Crippen LogP contribution in [0.15, 0.2) is 16.8 Å². The number of carbonyl (C=O) groups is 2. The summed E-state index contributed by atoms with van der Waals surface area (Å²) in [5, 5.41) is 18.7. The topological polar surface area (TPSA) is 190 Å². The molecule has 0 radical (unpaired) electrons. The van der Waals surface area contributed by atoms with Gasteiger partial charge in [-0.05, 0) is 23.2 Å². The van der Waals surface area contributed by atoms with Gasteiger partial charge in [0.15, 0.2) is 11.8 Å². The number of esters is 2. The molecule has 0 saturated heterocycles. The molecule has 0 bridgehead atoms. The first-order valence-corrected chi connectivity index (χ1v) is 15.1. The Morgan fingerprint density at radius 1 is 1.02 bits per heavy atom. The molecule has 1 aromatic heterocycles. The van der Waals surface area contributed by atoms with Crippen LogP contribution in [0.2, 0.25) is 0 Å². The van der Waals surface area contributed by atoms with E-state index in [9.17, 15) is 29.2 Å². The van der Waals surface area contributed by atoms with Crippen LogP contribution in [0.25, 0.3) is 11.0 Å². The second-order valence-corrected chi connectivity index (χ2v) is 11.5. The molecule has 1 N–H and O–H groups in total. The van der Waals surface area contributed by atoms with Gasteiger partial charge in [-0.25, -0.2) is 9.19 Å². The second-order valence-electron chi connectivity index (χ2n) is 10.0. The zero-order chi connectivity index (χ0) is 30.5. The number of rotatable bonds is 20. The molecular weight excluding hydrogens is 563 g/mol. The lowest BCUT2D eigenvalue weighted by Crippen LogP contribution is -2.43. The van der Waals surface area contributed by atoms with Gasteiger partial charge in [0, 0.05) is 25.0 Å². The number of unbranched alkanes of at least 4 members (excludes halogenated alkanes) is 4. The lowest BCUT2D eigenvalue weighted by Gasteiger charge is -2.29. The van der Waals surface area contributed by atoms with Gasteiger partial charge in [-0.3, -0.25) is 33.2 Å². The summed E-state index contributed by atoms with van der Waals surface area (Å²) in [5.41, 5.74) is 0.416. The van der Waals surface area contributed by atoms with Gasteiger partial charge in [-0.15, -0.1) is 0 Å². The first-order valence-electron chi connectivity index (χ1n) is 13.6. The molecule has 0 amide bonds. The third-order valence-corrected chi connectivity index (χ3v) is 7.23. The van der Waals surface area contributed by atoms with Gasteiger partial charge in [-0.2, -0.15) is 0 Å². The van der Waals surface area contributed by atoms with Crippen molar-refractivity contribution in [1.29, 1.82) is 0 Å². The Bertz CT molecular complexity index is 1200. The van der Waals surface area contributed by atoms with E-state index in [4.69, 9.17) is 23.2 Å². The summed E-state index contributed by atoms with van der Waals surface area (Å²) in [5.74, 6) is -0.991. The number of non-ortho nitro benzene ring substituents is 1. The minimum atomic E-state index is -4.60. The zero-order valence-electron chi connectivity index (χ0n) is 24.0. The maximum Gasteiger partial charge on any atom is 0.472 e. The molecule has 0 aliphatic carbocycles. The van der Waals surface area contributed by atoms with E-state index in [2.05, 4.69) is 10.3 Å². The highest BCUT2D eigenvalue weighted by Gasteiger charge is 2.31. The number of quaternary nitrogens is 1. The van der Waals surface area contributed by atoms with E-state index in [1.165, 1.54) is 12.1 Å². The Labute approximate surface area is 238 Å². The van der Waals surface area contributed by atoms with Crippen LogP contribution in [0.3, 0.4) is 0 Å². The van der Waals surface area contributed by atoms with Crippen molar-refractivity contribution in [3.8, 4) is 0 Å². The molecule has 0 fully saturated rings. The van der Waals surface area contributed by atoms with E-state index in [0.29, 0.717) is 18.5 Å². The third-order valence-electron chi connectivity index (χ3n) is 6.25. The predicted octanol–water partition coefficient (Wildman–Crippen LogP) is 4.45. The number of benzene rings is 1. The van der Waals surface area contributed by atoms with E-state index < -0.39 is 37.4 Å². The van der Waals surface area contributed by atoms with Crippen molar-refractivity contribution in [2.75, 3.05) is 40.5 Å². The number of nitro benzene ring substituents is 1. The highest BCUT2D eigenvalue weighted by Crippen LogP contribution is 2.43. The minimum absolute atomic E-state index is 0.0165. The largest absolute Gasteiger partial charge is 0.472 e. The van der Waals surface area contributed by atoms with E-state index in [1.807, 2.05) is 13.8 Å². The Balaban J connectivity index is 1.96. The van der Waals surface area contributed by atoms with E-state index >= 15 is 0 Å². The molecule has 1 aromatic carbocycles. The van der Waals surface area contributed by atoms with Crippen molar-refractivity contribution in [3.63, 3.8) is 0 Å². The third kappa shape index (κ3) is 11.4. The first kappa shape index (κ1) is 34.2. The number of ether oxygens (including phenoxy) is 2. The number of aromatic nitrogens is 2. The quantitative estimate of drug-likeness (QED) is 0.0558. The van der Waals surface area contributed by atoms with Crippen LogP contribution in [0.5, 0.6) is 0 Å². The van der Waals surface area contributed by atoms with Gasteiger partial charge < -0.3 is 14.4 Å². The average Bonchev–Trinajstić information content (AvgIpc) is 3.39. The fourth-order valence-corrected chi connectivity index (χ4v) is 4.59. The SMILES string of the molecule is CCCCCC(=O)OCC(COP(=O)(O)OCC[N+](C)(C)c1ccc([N+](=O)[O-])c2nonc12)OC(=O)CCCCC. The molecule has 1 heterocycles. The molecular formula is C25H40N4O11P+. The molecule has 0 aliphatic rings. The van der Waals surface area contributed by atoms with Crippen LogP contribution in [0.1, 0.15) is 65.2 Å². The van der Waals surface area contributed by atoms with Crippen molar-refractivity contribution in [3.05, 3.63) is 22.2 Å². The van der Waals surface area contributed by atoms with Gasteiger partial charge in [0.05, 0.1) is 25.6 Å². The molecule has 2 atom stereocenters. The Morgan fingerprint density at radius 3 is 2.29 bits per heavy atom. The fraction of sp³-hybridized carbons (Fsp3) is 0.680. The minimum Gasteiger partial charge on any atom is -0.462 e. The number of phosphoric acid groups is 1. The molecule has 16 heteroatoms. The highest BCUT2D eigenvalue weighted by atomic mass is 31.2. The molecule has 230 valence electrons. The van der Waals surface area contributed by atoms with Crippen LogP contribution < -0.4 is 4.48 Å². The van der Waals surface area contributed by atoms with Crippen LogP contribution in [-0.2, 0) is 32.7 Å². The molecule has 0 saturated carbocycles. The molecule has 2 unspecified atom stereocenters. The molecule has 0 spiro atoms. The lowest BCUT2D eigenvalue weighted by molar-refractivity contribution is -0.383. The summed E-state index contributed by atoms with van der Waals surface area (Å²) in [6.07, 6.45) is 4.15. The monoisotopic (exact) mass is 603 g/mol. The van der Waals surface area contributed by atoms with Crippen molar-refractivity contribution < 1.29 is 47.1 Å². The van der Waals surface area contributed by atoms with Crippen molar-refractivity contribution >= 4 is 42.2 Å². The van der Waals surface area contributed by atoms with Crippen LogP contribution in [0.4, 0.5) is 11.4 Å². The lowest BCUT2D eigenvalue weighted by atomic mass is 10.2. The first-order chi connectivity index (χ1) is 19.4. The van der Waals surface area contributed by atoms with Crippen LogP contribution >= 0.6 is 7.82 Å². The average molecular weight is 604 g/mol. The molecule has 2 aromatic rings. The van der Waals surface area contributed by atoms with Crippen molar-refractivity contribution in [1.82, 2.24) is 14.8 Å². The van der Waals surface area contributed by atoms with E-state index in [1.54, 1.807) is 14.1 Å². The van der Waals surface area contributed by atoms with Gasteiger partial charge in [0.1, 0.15) is 19.8 Å². The van der Waals surface area contributed by atoms with E-state index in [-0.39, 0.29) is 53.8 Å². The van der Waals surface area contributed by atoms with Crippen molar-refractivity contribution in [2.24, 2.45) is 0 Å². The number of nitro groups is 1. The Hall–Kier alpha value is -2.97. The second kappa shape index (κ2) is 16.5. The van der Waals surface area contributed by atoms with Gasteiger partial charge >= 0.3 is 25.4 Å². The molecule has 0 aliphatic heterocycles. The van der Waals surface area contributed by atoms with Crippen LogP contribution in [0, 0.1) is 10.1 Å². The number of likely N-dealkylation sites (N-methyl/N-ethyl adjacent to an activating group) is 1. The summed E-state index contributed by atoms with van der Waals surface area (Å²) >= 11 is 0. The molecule has 41 heavy (non-hydrogen) atoms. The zero-order valence-corrected chi connectivity index (χ0v) is 24.9. The standard InChI is InChI=1S/C25H39N4O11P/c1-5-7-9-11-22(30)36-17-19(39-23(31)12-10-8-6-2)18-38-41(34,35)37-16-15-29(3,4)21-14-13-20(28(32)33)24-25(21)27-40-26-24/h13-14,19H,5-12,15-18H2,1-4H3/p+1. The van der Waals surface area contributed by atoms with Crippen LogP contribution in [-0.4, -0.2) is 78.6 Å². The molecule has 15 nitrogen and oxygen atoms in total. The number of hydrogen-bond donors (Lipinski definition) is 1. The number of phosphoric ester groups is 1. The Kier molecular flexibility index (Phi) is 13.7. The van der Waals surface area contributed by atoms with Gasteiger partial charge in [0.25, 0.3) is 0 Å². The predicted molar refractivity (Wildman–Crippen MR) is 148 cm³/mol. The fourth-order valence-electron chi connectivity index (χ4n) is 3.85. The number of nitrogens with zero attached hydrogens (tertiary/aromatic N) is 4. The maximum absolute atomic E-state index is 12.6. The number of carbonyl (C=O) groups excluding carboxylic acids is 2. The Morgan fingerprint density at radius 2 is 1.66 bits per heavy atom. The summed E-state index contributed by atoms with van der Waals surface area (Å²) in [4.78, 5) is 45.1. The maximum atomic E-state index is 12.6. The number of fused-ring (bicyclic) bond motifs is 1. The van der Waals surface area contributed by atoms with Gasteiger partial charge in [-0.1, -0.05) is 39.5 Å². The summed E-state index contributed by atoms with van der Waals surface area (Å²) < 4.78 is 38.1. The van der Waals surface area contributed by atoms with E-state index in [0.717, 1.165) is 25.7 Å². The smallest absolute Gasteiger partial charge is 0.462 e. The molecule has 2 rings (SSSR count). The van der Waals surface area contributed by atoms with Gasteiger partial charge in [0.2, 0.25) is 11.0 Å². The summed E-state index contributed by atoms with van der Waals surface area (Å²) in [7, 11) is -1.12. The highest BCUT2D eigenvalue weighted by molar-refractivity contribution is 7.47. The van der Waals surface area contributed by atoms with Crippen molar-refractivity contribution in [2.45, 2.75) is 71.3 Å². The number of hydrogen-bond acceptors (Lipinski definition) is 12. The summed E-state index contributed by atoms with van der Waals surface area (Å²) in [6, 6.07) is 2.78. The summed E-state index contributed by atoms with van der Waals surface area (Å²) in [6.45, 7) is 3.04.